The van der Waals surface area contributed by atoms with Crippen LogP contribution in [0.25, 0.3) is 0 Å². The molecule has 1 aliphatic rings. The van der Waals surface area contributed by atoms with Gasteiger partial charge in [-0.1, -0.05) is 20.8 Å². The Kier molecular flexibility index (Phi) is 3.74. The van der Waals surface area contributed by atoms with Crippen molar-refractivity contribution in [3.05, 3.63) is 0 Å². The quantitative estimate of drug-likeness (QED) is 0.706. The molecule has 0 amide bonds. The van der Waals surface area contributed by atoms with Crippen molar-refractivity contribution in [2.45, 2.75) is 46.1 Å². The average Bonchev–Trinajstić information content (AvgIpc) is 2.78. The number of nitrogens with two attached hydrogens (primary N) is 1. The van der Waals surface area contributed by atoms with Gasteiger partial charge in [0.2, 0.25) is 0 Å². The standard InChI is InChI=1S/C11H24N2/c1-11(2,3)6-8-13(9-7-12)10-4-5-10/h10H,4-9,12H2,1-3H3. The van der Waals surface area contributed by atoms with Crippen LogP contribution in [0.5, 0.6) is 0 Å². The van der Waals surface area contributed by atoms with Crippen molar-refractivity contribution in [3.63, 3.8) is 0 Å². The second-order valence-electron chi connectivity index (χ2n) is 5.37. The van der Waals surface area contributed by atoms with E-state index in [2.05, 4.69) is 25.7 Å². The first-order valence-electron chi connectivity index (χ1n) is 5.47. The molecule has 0 radical (unpaired) electrons. The average molecular weight is 184 g/mol. The van der Waals surface area contributed by atoms with Crippen molar-refractivity contribution in [2.75, 3.05) is 19.6 Å². The molecule has 0 aliphatic heterocycles. The summed E-state index contributed by atoms with van der Waals surface area (Å²) in [5.41, 5.74) is 6.05. The van der Waals surface area contributed by atoms with Gasteiger partial charge >= 0.3 is 0 Å². The lowest BCUT2D eigenvalue weighted by molar-refractivity contribution is 0.224. The number of nitrogens with zero attached hydrogens (tertiary/aromatic N) is 1. The molecule has 2 nitrogen and oxygen atoms in total. The fraction of sp³-hybridized carbons (Fsp3) is 1.00. The van der Waals surface area contributed by atoms with Crippen LogP contribution >= 0.6 is 0 Å². The second-order valence-corrected chi connectivity index (χ2v) is 5.37. The Balaban J connectivity index is 2.22. The Morgan fingerprint density at radius 3 is 2.23 bits per heavy atom. The lowest BCUT2D eigenvalue weighted by Crippen LogP contribution is -2.34. The van der Waals surface area contributed by atoms with Crippen molar-refractivity contribution < 1.29 is 0 Å². The summed E-state index contributed by atoms with van der Waals surface area (Å²) in [6.45, 7) is 10.0. The summed E-state index contributed by atoms with van der Waals surface area (Å²) < 4.78 is 0. The molecule has 0 aromatic heterocycles. The van der Waals surface area contributed by atoms with Gasteiger partial charge in [0, 0.05) is 19.1 Å². The summed E-state index contributed by atoms with van der Waals surface area (Å²) in [7, 11) is 0. The van der Waals surface area contributed by atoms with Gasteiger partial charge in [-0.25, -0.2) is 0 Å². The van der Waals surface area contributed by atoms with Gasteiger partial charge in [-0.05, 0) is 31.2 Å². The molecule has 0 bridgehead atoms. The van der Waals surface area contributed by atoms with Gasteiger partial charge in [0.05, 0.1) is 0 Å². The zero-order valence-corrected chi connectivity index (χ0v) is 9.34. The SMILES string of the molecule is CC(C)(C)CCN(CCN)C1CC1. The van der Waals surface area contributed by atoms with E-state index in [1.165, 1.54) is 25.8 Å². The minimum atomic E-state index is 0.460. The maximum Gasteiger partial charge on any atom is 0.0108 e. The van der Waals surface area contributed by atoms with E-state index in [4.69, 9.17) is 5.73 Å². The van der Waals surface area contributed by atoms with E-state index in [0.717, 1.165) is 19.1 Å². The van der Waals surface area contributed by atoms with Gasteiger partial charge in [0.1, 0.15) is 0 Å². The van der Waals surface area contributed by atoms with Crippen molar-refractivity contribution in [1.82, 2.24) is 4.90 Å². The highest BCUT2D eigenvalue weighted by atomic mass is 15.2. The number of rotatable bonds is 5. The van der Waals surface area contributed by atoms with E-state index in [-0.39, 0.29) is 0 Å². The molecule has 78 valence electrons. The molecular weight excluding hydrogens is 160 g/mol. The zero-order chi connectivity index (χ0) is 9.90. The molecule has 0 aromatic rings. The van der Waals surface area contributed by atoms with Crippen molar-refractivity contribution in [3.8, 4) is 0 Å². The normalized spacial score (nSPS) is 18.2. The van der Waals surface area contributed by atoms with Crippen LogP contribution < -0.4 is 5.73 Å². The predicted octanol–water partition coefficient (Wildman–Crippen LogP) is 1.85. The predicted molar refractivity (Wildman–Crippen MR) is 57.7 cm³/mol. The Bertz CT molecular complexity index is 145. The van der Waals surface area contributed by atoms with Gasteiger partial charge in [-0.2, -0.15) is 0 Å². The number of hydrogen-bond donors (Lipinski definition) is 1. The molecule has 0 aromatic carbocycles. The Labute approximate surface area is 82.5 Å². The summed E-state index contributed by atoms with van der Waals surface area (Å²) >= 11 is 0. The van der Waals surface area contributed by atoms with E-state index in [9.17, 15) is 0 Å². The summed E-state index contributed by atoms with van der Waals surface area (Å²) in [6.07, 6.45) is 4.07. The largest absolute Gasteiger partial charge is 0.329 e. The number of hydrogen-bond acceptors (Lipinski definition) is 2. The molecule has 1 fully saturated rings. The zero-order valence-electron chi connectivity index (χ0n) is 9.34. The van der Waals surface area contributed by atoms with Crippen LogP contribution in [-0.2, 0) is 0 Å². The molecular formula is C11H24N2. The van der Waals surface area contributed by atoms with Crippen molar-refractivity contribution >= 4 is 0 Å². The Morgan fingerprint density at radius 1 is 1.23 bits per heavy atom. The highest BCUT2D eigenvalue weighted by Crippen LogP contribution is 2.28. The molecule has 1 rings (SSSR count). The summed E-state index contributed by atoms with van der Waals surface area (Å²) in [6, 6.07) is 0.867. The highest BCUT2D eigenvalue weighted by Gasteiger charge is 2.28. The molecule has 0 unspecified atom stereocenters. The van der Waals surface area contributed by atoms with E-state index >= 15 is 0 Å². The summed E-state index contributed by atoms with van der Waals surface area (Å²) in [5, 5.41) is 0. The minimum Gasteiger partial charge on any atom is -0.329 e. The molecule has 0 saturated heterocycles. The fourth-order valence-corrected chi connectivity index (χ4v) is 1.56. The van der Waals surface area contributed by atoms with E-state index in [1.807, 2.05) is 0 Å². The molecule has 2 N–H and O–H groups in total. The maximum atomic E-state index is 5.59. The van der Waals surface area contributed by atoms with Crippen LogP contribution in [0.3, 0.4) is 0 Å². The second kappa shape index (κ2) is 4.43. The molecule has 1 aliphatic carbocycles. The van der Waals surface area contributed by atoms with Crippen LogP contribution in [0.2, 0.25) is 0 Å². The fourth-order valence-electron chi connectivity index (χ4n) is 1.56. The molecule has 0 atom stereocenters. The third kappa shape index (κ3) is 4.63. The summed E-state index contributed by atoms with van der Waals surface area (Å²) in [4.78, 5) is 2.56. The smallest absolute Gasteiger partial charge is 0.0108 e. The van der Waals surface area contributed by atoms with Crippen molar-refractivity contribution in [1.29, 1.82) is 0 Å². The van der Waals surface area contributed by atoms with Gasteiger partial charge in [-0.3, -0.25) is 4.90 Å². The molecule has 2 heteroatoms. The Morgan fingerprint density at radius 2 is 1.85 bits per heavy atom. The van der Waals surface area contributed by atoms with Crippen LogP contribution in [-0.4, -0.2) is 30.6 Å². The van der Waals surface area contributed by atoms with E-state index in [1.54, 1.807) is 0 Å². The van der Waals surface area contributed by atoms with Gasteiger partial charge < -0.3 is 5.73 Å². The van der Waals surface area contributed by atoms with Crippen molar-refractivity contribution in [2.24, 2.45) is 11.1 Å². The topological polar surface area (TPSA) is 29.3 Å². The molecule has 13 heavy (non-hydrogen) atoms. The first-order valence-corrected chi connectivity index (χ1v) is 5.47. The first-order chi connectivity index (χ1) is 6.03. The highest BCUT2D eigenvalue weighted by molar-refractivity contribution is 4.85. The monoisotopic (exact) mass is 184 g/mol. The van der Waals surface area contributed by atoms with Crippen LogP contribution in [0.1, 0.15) is 40.0 Å². The van der Waals surface area contributed by atoms with Crippen LogP contribution in [0.15, 0.2) is 0 Å². The van der Waals surface area contributed by atoms with Gasteiger partial charge in [-0.15, -0.1) is 0 Å². The first kappa shape index (κ1) is 11.0. The molecule has 0 spiro atoms. The third-order valence-corrected chi connectivity index (χ3v) is 2.63. The third-order valence-electron chi connectivity index (χ3n) is 2.63. The van der Waals surface area contributed by atoms with Gasteiger partial charge in [0.15, 0.2) is 0 Å². The lowest BCUT2D eigenvalue weighted by Gasteiger charge is -2.26. The maximum absolute atomic E-state index is 5.59. The van der Waals surface area contributed by atoms with E-state index in [0.29, 0.717) is 5.41 Å². The molecule has 0 heterocycles. The van der Waals surface area contributed by atoms with E-state index < -0.39 is 0 Å². The van der Waals surface area contributed by atoms with Gasteiger partial charge in [0.25, 0.3) is 0 Å². The molecule has 1 saturated carbocycles. The van der Waals surface area contributed by atoms with Crippen LogP contribution in [0.4, 0.5) is 0 Å². The van der Waals surface area contributed by atoms with Crippen LogP contribution in [0, 0.1) is 5.41 Å². The Hall–Kier alpha value is -0.0800. The lowest BCUT2D eigenvalue weighted by atomic mass is 9.92. The summed E-state index contributed by atoms with van der Waals surface area (Å²) in [5.74, 6) is 0. The minimum absolute atomic E-state index is 0.460.